The fourth-order valence-corrected chi connectivity index (χ4v) is 3.39. The fourth-order valence-electron chi connectivity index (χ4n) is 2.30. The van der Waals surface area contributed by atoms with Crippen molar-refractivity contribution in [2.24, 2.45) is 0 Å². The monoisotopic (exact) mass is 308 g/mol. The number of aryl methyl sites for hydroxylation is 2. The summed E-state index contributed by atoms with van der Waals surface area (Å²) in [6, 6.07) is 7.54. The van der Waals surface area contributed by atoms with E-state index in [1.807, 2.05) is 6.07 Å². The van der Waals surface area contributed by atoms with E-state index in [1.54, 1.807) is 18.3 Å². The molecule has 3 aromatic rings. The molecule has 0 fully saturated rings. The summed E-state index contributed by atoms with van der Waals surface area (Å²) in [5, 5.41) is 0. The van der Waals surface area contributed by atoms with Gasteiger partial charge in [-0.1, -0.05) is 0 Å². The zero-order valence-electron chi connectivity index (χ0n) is 11.3. The van der Waals surface area contributed by atoms with Crippen LogP contribution in [0.5, 0.6) is 0 Å². The summed E-state index contributed by atoms with van der Waals surface area (Å²) in [6.45, 7) is 4.58. The van der Waals surface area contributed by atoms with E-state index < -0.39 is 0 Å². The lowest BCUT2D eigenvalue weighted by atomic mass is 10.2. The molecule has 0 aliphatic rings. The van der Waals surface area contributed by atoms with Gasteiger partial charge in [-0.05, 0) is 37.6 Å². The van der Waals surface area contributed by atoms with Crippen LogP contribution in [0.25, 0.3) is 11.0 Å². The van der Waals surface area contributed by atoms with Crippen LogP contribution < -0.4 is 0 Å². The Balaban J connectivity index is 2.14. The van der Waals surface area contributed by atoms with Gasteiger partial charge in [0.2, 0.25) is 0 Å². The molecule has 0 unspecified atom stereocenters. The number of halogens is 2. The van der Waals surface area contributed by atoms with Crippen LogP contribution >= 0.6 is 22.9 Å². The molecule has 0 aliphatic heterocycles. The summed E-state index contributed by atoms with van der Waals surface area (Å²) in [5.74, 6) is 0.868. The van der Waals surface area contributed by atoms with Crippen molar-refractivity contribution in [1.29, 1.82) is 0 Å². The van der Waals surface area contributed by atoms with E-state index in [-0.39, 0.29) is 5.82 Å². The number of thiophene rings is 1. The molecule has 104 valence electrons. The van der Waals surface area contributed by atoms with E-state index in [1.165, 1.54) is 15.8 Å². The number of alkyl halides is 1. The van der Waals surface area contributed by atoms with Crippen LogP contribution in [-0.4, -0.2) is 9.55 Å². The van der Waals surface area contributed by atoms with Gasteiger partial charge in [0.1, 0.15) is 11.6 Å². The highest BCUT2D eigenvalue weighted by Crippen LogP contribution is 2.24. The maximum Gasteiger partial charge on any atom is 0.128 e. The van der Waals surface area contributed by atoms with Crippen molar-refractivity contribution in [3.8, 4) is 0 Å². The highest BCUT2D eigenvalue weighted by atomic mass is 35.5. The lowest BCUT2D eigenvalue weighted by Crippen LogP contribution is -2.02. The van der Waals surface area contributed by atoms with Crippen LogP contribution in [0.1, 0.15) is 21.1 Å². The lowest BCUT2D eigenvalue weighted by molar-refractivity contribution is 0.620. The van der Waals surface area contributed by atoms with Gasteiger partial charge >= 0.3 is 0 Å². The molecular formula is C15H14ClFN2S. The van der Waals surface area contributed by atoms with Crippen molar-refractivity contribution in [1.82, 2.24) is 9.55 Å². The average molecular weight is 309 g/mol. The number of hydrogen-bond donors (Lipinski definition) is 0. The Morgan fingerprint density at radius 3 is 2.75 bits per heavy atom. The molecule has 5 heteroatoms. The minimum absolute atomic E-state index is 0.227. The van der Waals surface area contributed by atoms with Crippen LogP contribution in [0, 0.1) is 19.7 Å². The Hall–Kier alpha value is -1.39. The van der Waals surface area contributed by atoms with Crippen LogP contribution in [0.3, 0.4) is 0 Å². The molecule has 0 aliphatic carbocycles. The minimum Gasteiger partial charge on any atom is -0.322 e. The smallest absolute Gasteiger partial charge is 0.128 e. The molecule has 0 radical (unpaired) electrons. The zero-order valence-corrected chi connectivity index (χ0v) is 12.9. The molecule has 0 atom stereocenters. The quantitative estimate of drug-likeness (QED) is 0.644. The van der Waals surface area contributed by atoms with Crippen molar-refractivity contribution >= 4 is 34.0 Å². The van der Waals surface area contributed by atoms with Crippen molar-refractivity contribution in [3.05, 3.63) is 51.2 Å². The molecule has 3 rings (SSSR count). The normalized spacial score (nSPS) is 11.4. The Morgan fingerprint density at radius 1 is 1.30 bits per heavy atom. The van der Waals surface area contributed by atoms with Crippen LogP contribution in [0.2, 0.25) is 0 Å². The third kappa shape index (κ3) is 2.34. The van der Waals surface area contributed by atoms with Crippen LogP contribution in [-0.2, 0) is 12.4 Å². The van der Waals surface area contributed by atoms with E-state index >= 15 is 0 Å². The van der Waals surface area contributed by atoms with Gasteiger partial charge in [-0.25, -0.2) is 9.37 Å². The van der Waals surface area contributed by atoms with Gasteiger partial charge in [-0.3, -0.25) is 0 Å². The van der Waals surface area contributed by atoms with Crippen molar-refractivity contribution in [3.63, 3.8) is 0 Å². The Kier molecular flexibility index (Phi) is 3.52. The summed E-state index contributed by atoms with van der Waals surface area (Å²) in [6.07, 6.45) is 0. The summed E-state index contributed by atoms with van der Waals surface area (Å²) < 4.78 is 15.7. The Labute approximate surface area is 125 Å². The summed E-state index contributed by atoms with van der Waals surface area (Å²) in [4.78, 5) is 6.95. The first-order valence-corrected chi connectivity index (χ1v) is 7.70. The molecule has 2 aromatic heterocycles. The Morgan fingerprint density at radius 2 is 2.10 bits per heavy atom. The van der Waals surface area contributed by atoms with Gasteiger partial charge in [0.05, 0.1) is 23.5 Å². The number of imidazole rings is 1. The van der Waals surface area contributed by atoms with E-state index in [0.717, 1.165) is 17.9 Å². The molecule has 0 saturated carbocycles. The van der Waals surface area contributed by atoms with Crippen molar-refractivity contribution < 1.29 is 4.39 Å². The van der Waals surface area contributed by atoms with Crippen LogP contribution in [0.4, 0.5) is 4.39 Å². The first-order chi connectivity index (χ1) is 9.58. The maximum absolute atomic E-state index is 13.6. The predicted molar refractivity (Wildman–Crippen MR) is 82.1 cm³/mol. The van der Waals surface area contributed by atoms with Gasteiger partial charge in [0, 0.05) is 15.8 Å². The SMILES string of the molecule is Cc1ccc(Cn2c(CCl)nc3cc(F)c(C)cc32)s1. The molecule has 0 amide bonds. The fraction of sp³-hybridized carbons (Fsp3) is 0.267. The summed E-state index contributed by atoms with van der Waals surface area (Å²) in [5.41, 5.74) is 2.23. The molecule has 0 spiro atoms. The number of benzene rings is 1. The van der Waals surface area contributed by atoms with Gasteiger partial charge in [-0.15, -0.1) is 22.9 Å². The number of fused-ring (bicyclic) bond motifs is 1. The molecule has 1 aromatic carbocycles. The minimum atomic E-state index is -0.227. The molecule has 2 nitrogen and oxygen atoms in total. The number of hydrogen-bond acceptors (Lipinski definition) is 2. The third-order valence-corrected chi connectivity index (χ3v) is 4.56. The van der Waals surface area contributed by atoms with Crippen LogP contribution in [0.15, 0.2) is 24.3 Å². The maximum atomic E-state index is 13.6. The van der Waals surface area contributed by atoms with E-state index in [0.29, 0.717) is 17.0 Å². The molecule has 0 saturated heterocycles. The predicted octanol–water partition coefficient (Wildman–Crippen LogP) is 4.64. The lowest BCUT2D eigenvalue weighted by Gasteiger charge is -2.06. The van der Waals surface area contributed by atoms with Gasteiger partial charge < -0.3 is 4.57 Å². The molecule has 20 heavy (non-hydrogen) atoms. The zero-order chi connectivity index (χ0) is 14.3. The molecule has 0 bridgehead atoms. The van der Waals surface area contributed by atoms with Gasteiger partial charge in [-0.2, -0.15) is 0 Å². The van der Waals surface area contributed by atoms with E-state index in [9.17, 15) is 4.39 Å². The van der Waals surface area contributed by atoms with Gasteiger partial charge in [0.15, 0.2) is 0 Å². The van der Waals surface area contributed by atoms with E-state index in [2.05, 4.69) is 28.6 Å². The van der Waals surface area contributed by atoms with Gasteiger partial charge in [0.25, 0.3) is 0 Å². The average Bonchev–Trinajstić information content (AvgIpc) is 2.96. The van der Waals surface area contributed by atoms with E-state index in [4.69, 9.17) is 11.6 Å². The molecular weight excluding hydrogens is 295 g/mol. The standard InChI is InChI=1S/C15H14ClFN2S/c1-9-5-14-13(6-12(9)17)18-15(7-16)19(14)8-11-4-3-10(2)20-11/h3-6H,7-8H2,1-2H3. The highest BCUT2D eigenvalue weighted by Gasteiger charge is 2.13. The van der Waals surface area contributed by atoms with Crippen molar-refractivity contribution in [2.45, 2.75) is 26.3 Å². The second kappa shape index (κ2) is 5.19. The van der Waals surface area contributed by atoms with Crippen molar-refractivity contribution in [2.75, 3.05) is 0 Å². The third-order valence-electron chi connectivity index (χ3n) is 3.34. The number of rotatable bonds is 3. The number of aromatic nitrogens is 2. The second-order valence-corrected chi connectivity index (χ2v) is 6.49. The first-order valence-electron chi connectivity index (χ1n) is 6.35. The second-order valence-electron chi connectivity index (χ2n) is 4.85. The summed E-state index contributed by atoms with van der Waals surface area (Å²) >= 11 is 7.74. The number of nitrogens with zero attached hydrogens (tertiary/aromatic N) is 2. The first kappa shape index (κ1) is 13.6. The molecule has 0 N–H and O–H groups in total. The largest absolute Gasteiger partial charge is 0.322 e. The summed E-state index contributed by atoms with van der Waals surface area (Å²) in [7, 11) is 0. The topological polar surface area (TPSA) is 17.8 Å². The highest BCUT2D eigenvalue weighted by molar-refractivity contribution is 7.11. The molecule has 2 heterocycles. The Bertz CT molecular complexity index is 776.